The van der Waals surface area contributed by atoms with Gasteiger partial charge < -0.3 is 4.74 Å². The van der Waals surface area contributed by atoms with Crippen LogP contribution in [0, 0.1) is 35.5 Å². The second kappa shape index (κ2) is 14.3. The quantitative estimate of drug-likeness (QED) is 0.166. The van der Waals surface area contributed by atoms with Crippen molar-refractivity contribution in [3.8, 4) is 29.4 Å². The summed E-state index contributed by atoms with van der Waals surface area (Å²) in [4.78, 5) is 12.6. The van der Waals surface area contributed by atoms with E-state index in [-0.39, 0.29) is 11.9 Å². The summed E-state index contributed by atoms with van der Waals surface area (Å²) in [7, 11) is 0. The molecule has 0 radical (unpaired) electrons. The molecular weight excluding hydrogens is 416 g/mol. The van der Waals surface area contributed by atoms with Crippen LogP contribution in [0.5, 0.6) is 5.75 Å². The molecule has 3 rings (SSSR count). The summed E-state index contributed by atoms with van der Waals surface area (Å²) in [6.07, 6.45) is 13.7. The normalized spacial score (nSPS) is 17.1. The number of carbonyl (C=O) groups excluding carboxylic acids is 1. The fraction of sp³-hybridized carbons (Fsp3) is 0.469. The molecule has 0 saturated heterocycles. The highest BCUT2D eigenvalue weighted by Crippen LogP contribution is 2.33. The predicted molar refractivity (Wildman–Crippen MR) is 140 cm³/mol. The largest absolute Gasteiger partial charge is 0.426 e. The van der Waals surface area contributed by atoms with Crippen molar-refractivity contribution in [2.75, 3.05) is 0 Å². The fourth-order valence-electron chi connectivity index (χ4n) is 4.63. The topological polar surface area (TPSA) is 26.3 Å². The minimum atomic E-state index is -0.0767. The zero-order valence-electron chi connectivity index (χ0n) is 20.9. The second-order valence-corrected chi connectivity index (χ2v) is 9.42. The Hall–Kier alpha value is -2.97. The van der Waals surface area contributed by atoms with Gasteiger partial charge in [0.2, 0.25) is 0 Å². The Bertz CT molecular complexity index is 1000. The summed E-state index contributed by atoms with van der Waals surface area (Å²) in [6.45, 7) is 4.09. The van der Waals surface area contributed by atoms with E-state index < -0.39 is 0 Å². The van der Waals surface area contributed by atoms with Crippen LogP contribution in [0.3, 0.4) is 0 Å². The first-order chi connectivity index (χ1) is 16.7. The highest BCUT2D eigenvalue weighted by Gasteiger charge is 2.27. The molecule has 1 fully saturated rings. The Morgan fingerprint density at radius 2 is 1.29 bits per heavy atom. The molecule has 0 heterocycles. The average molecular weight is 455 g/mol. The molecule has 0 amide bonds. The number of carbonyl (C=O) groups is 1. The molecular formula is C32H38O2. The molecule has 34 heavy (non-hydrogen) atoms. The third-order valence-corrected chi connectivity index (χ3v) is 6.72. The predicted octanol–water partition coefficient (Wildman–Crippen LogP) is 7.92. The van der Waals surface area contributed by atoms with E-state index in [0.717, 1.165) is 48.3 Å². The smallest absolute Gasteiger partial charge is 0.314 e. The maximum atomic E-state index is 12.6. The van der Waals surface area contributed by atoms with Crippen LogP contribution < -0.4 is 4.74 Å². The van der Waals surface area contributed by atoms with Crippen molar-refractivity contribution >= 4 is 5.97 Å². The molecule has 0 unspecified atom stereocenters. The van der Waals surface area contributed by atoms with E-state index in [0.29, 0.717) is 5.75 Å². The summed E-state index contributed by atoms with van der Waals surface area (Å²) in [5.41, 5.74) is 2.84. The lowest BCUT2D eigenvalue weighted by atomic mass is 9.80. The van der Waals surface area contributed by atoms with Crippen LogP contribution in [-0.2, 0) is 4.79 Å². The number of esters is 1. The number of ether oxygens (including phenoxy) is 1. The Balaban J connectivity index is 1.40. The maximum absolute atomic E-state index is 12.6. The van der Waals surface area contributed by atoms with Gasteiger partial charge in [-0.25, -0.2) is 0 Å². The number of benzene rings is 2. The molecule has 1 saturated carbocycles. The van der Waals surface area contributed by atoms with Crippen molar-refractivity contribution in [3.63, 3.8) is 0 Å². The van der Waals surface area contributed by atoms with Gasteiger partial charge >= 0.3 is 5.97 Å². The summed E-state index contributed by atoms with van der Waals surface area (Å²) < 4.78 is 5.68. The molecule has 2 aromatic carbocycles. The maximum Gasteiger partial charge on any atom is 0.314 e. The van der Waals surface area contributed by atoms with E-state index in [1.165, 1.54) is 44.9 Å². The van der Waals surface area contributed by atoms with Crippen LogP contribution >= 0.6 is 0 Å². The van der Waals surface area contributed by atoms with Crippen LogP contribution in [0.1, 0.15) is 101 Å². The minimum Gasteiger partial charge on any atom is -0.426 e. The fourth-order valence-corrected chi connectivity index (χ4v) is 4.63. The Kier molecular flexibility index (Phi) is 10.8. The van der Waals surface area contributed by atoms with Crippen molar-refractivity contribution in [1.82, 2.24) is 0 Å². The SMILES string of the molecule is CC#Cc1ccc(C#Cc2ccc(OC(=O)[C@H]3CC[C@H](CCCCCCCC)CC3)cc2)cc1. The van der Waals surface area contributed by atoms with E-state index in [4.69, 9.17) is 4.74 Å². The lowest BCUT2D eigenvalue weighted by Crippen LogP contribution is -2.25. The van der Waals surface area contributed by atoms with Crippen LogP contribution in [0.4, 0.5) is 0 Å². The van der Waals surface area contributed by atoms with Crippen molar-refractivity contribution < 1.29 is 9.53 Å². The lowest BCUT2D eigenvalue weighted by molar-refractivity contribution is -0.140. The Morgan fingerprint density at radius 1 is 0.765 bits per heavy atom. The van der Waals surface area contributed by atoms with Crippen LogP contribution in [0.2, 0.25) is 0 Å². The number of rotatable bonds is 9. The van der Waals surface area contributed by atoms with Crippen LogP contribution in [0.25, 0.3) is 0 Å². The number of unbranched alkanes of at least 4 members (excludes halogenated alkanes) is 5. The highest BCUT2D eigenvalue weighted by atomic mass is 16.5. The third kappa shape index (κ3) is 8.76. The Labute approximate surface area is 206 Å². The molecule has 0 spiro atoms. The van der Waals surface area contributed by atoms with Crippen molar-refractivity contribution in [3.05, 3.63) is 65.2 Å². The van der Waals surface area contributed by atoms with Gasteiger partial charge in [0.1, 0.15) is 5.75 Å². The minimum absolute atomic E-state index is 0.0423. The average Bonchev–Trinajstić information content (AvgIpc) is 2.87. The summed E-state index contributed by atoms with van der Waals surface area (Å²) in [6, 6.07) is 15.4. The molecule has 0 aromatic heterocycles. The van der Waals surface area contributed by atoms with Crippen LogP contribution in [0.15, 0.2) is 48.5 Å². The van der Waals surface area contributed by atoms with Gasteiger partial charge in [-0.1, -0.05) is 69.6 Å². The summed E-state index contributed by atoms with van der Waals surface area (Å²) in [5.74, 6) is 13.6. The van der Waals surface area contributed by atoms with Crippen molar-refractivity contribution in [1.29, 1.82) is 0 Å². The molecule has 2 nitrogen and oxygen atoms in total. The molecule has 178 valence electrons. The second-order valence-electron chi connectivity index (χ2n) is 9.42. The van der Waals surface area contributed by atoms with Gasteiger partial charge in [0.05, 0.1) is 5.92 Å². The molecule has 0 N–H and O–H groups in total. The van der Waals surface area contributed by atoms with Gasteiger partial charge in [-0.2, -0.15) is 0 Å². The van der Waals surface area contributed by atoms with E-state index in [1.54, 1.807) is 0 Å². The van der Waals surface area contributed by atoms with Crippen molar-refractivity contribution in [2.45, 2.75) is 84.5 Å². The molecule has 2 heteroatoms. The Morgan fingerprint density at radius 3 is 1.88 bits per heavy atom. The van der Waals surface area contributed by atoms with Crippen molar-refractivity contribution in [2.24, 2.45) is 11.8 Å². The van der Waals surface area contributed by atoms with E-state index >= 15 is 0 Å². The monoisotopic (exact) mass is 454 g/mol. The van der Waals surface area contributed by atoms with E-state index in [2.05, 4.69) is 30.6 Å². The zero-order chi connectivity index (χ0) is 24.0. The van der Waals surface area contributed by atoms with Gasteiger partial charge in [-0.05, 0) is 87.1 Å². The van der Waals surface area contributed by atoms with Gasteiger partial charge in [0, 0.05) is 16.7 Å². The zero-order valence-corrected chi connectivity index (χ0v) is 20.9. The number of hydrogen-bond donors (Lipinski definition) is 0. The summed E-state index contributed by atoms with van der Waals surface area (Å²) in [5, 5.41) is 0. The molecule has 0 bridgehead atoms. The first-order valence-corrected chi connectivity index (χ1v) is 13.0. The molecule has 0 aliphatic heterocycles. The summed E-state index contributed by atoms with van der Waals surface area (Å²) >= 11 is 0. The van der Waals surface area contributed by atoms with Crippen LogP contribution in [-0.4, -0.2) is 5.97 Å². The molecule has 2 aromatic rings. The third-order valence-electron chi connectivity index (χ3n) is 6.72. The number of hydrogen-bond acceptors (Lipinski definition) is 2. The lowest BCUT2D eigenvalue weighted by Gasteiger charge is -2.27. The van der Waals surface area contributed by atoms with Gasteiger partial charge in [0.25, 0.3) is 0 Å². The molecule has 1 aliphatic rings. The standard InChI is InChI=1S/C32H38O2/c1-3-5-6-7-8-9-11-27-18-22-30(23-19-27)32(33)34-31-24-20-29(21-25-31)17-16-28-14-12-26(10-4-2)13-15-28/h12-15,20-21,24-25,27,30H,3,5-9,11,18-19,22-23H2,1-2H3/t27-,30-. The highest BCUT2D eigenvalue weighted by molar-refractivity contribution is 5.75. The molecule has 1 aliphatic carbocycles. The first-order valence-electron chi connectivity index (χ1n) is 13.0. The van der Waals surface area contributed by atoms with Gasteiger partial charge in [-0.15, -0.1) is 5.92 Å². The van der Waals surface area contributed by atoms with Gasteiger partial charge in [0.15, 0.2) is 0 Å². The van der Waals surface area contributed by atoms with E-state index in [1.807, 2.05) is 55.5 Å². The van der Waals surface area contributed by atoms with E-state index in [9.17, 15) is 4.79 Å². The first kappa shape index (κ1) is 25.6. The molecule has 0 atom stereocenters. The van der Waals surface area contributed by atoms with Gasteiger partial charge in [-0.3, -0.25) is 4.79 Å².